The zero-order valence-electron chi connectivity index (χ0n) is 11.8. The Bertz CT molecular complexity index is 734. The van der Waals surface area contributed by atoms with Gasteiger partial charge in [0.05, 0.1) is 0 Å². The van der Waals surface area contributed by atoms with Crippen molar-refractivity contribution in [2.75, 3.05) is 4.72 Å². The molecule has 1 heterocycles. The fourth-order valence-electron chi connectivity index (χ4n) is 2.04. The molecule has 1 aliphatic carbocycles. The van der Waals surface area contributed by atoms with Gasteiger partial charge in [-0.2, -0.15) is 0 Å². The van der Waals surface area contributed by atoms with Crippen molar-refractivity contribution >= 4 is 27.0 Å². The molecule has 0 bridgehead atoms. The van der Waals surface area contributed by atoms with E-state index in [9.17, 15) is 8.42 Å². The SMILES string of the molecule is Cc1cccc(NS(=O)(=O)c2ccc(CNC3CC3)s2)c1. The van der Waals surface area contributed by atoms with E-state index in [4.69, 9.17) is 0 Å². The molecule has 2 N–H and O–H groups in total. The molecule has 0 saturated heterocycles. The molecule has 0 amide bonds. The van der Waals surface area contributed by atoms with Crippen LogP contribution in [0.25, 0.3) is 0 Å². The number of hydrogen-bond acceptors (Lipinski definition) is 4. The first kappa shape index (κ1) is 14.6. The van der Waals surface area contributed by atoms with Crippen molar-refractivity contribution in [3.63, 3.8) is 0 Å². The summed E-state index contributed by atoms with van der Waals surface area (Å²) >= 11 is 1.32. The predicted molar refractivity (Wildman–Crippen MR) is 86.2 cm³/mol. The van der Waals surface area contributed by atoms with Crippen LogP contribution in [0.3, 0.4) is 0 Å². The molecule has 6 heteroatoms. The van der Waals surface area contributed by atoms with E-state index in [1.165, 1.54) is 24.2 Å². The molecule has 1 aromatic carbocycles. The second kappa shape index (κ2) is 5.79. The molecule has 1 aliphatic rings. The Labute approximate surface area is 129 Å². The topological polar surface area (TPSA) is 58.2 Å². The maximum absolute atomic E-state index is 12.4. The highest BCUT2D eigenvalue weighted by molar-refractivity contribution is 7.94. The zero-order chi connectivity index (χ0) is 14.9. The summed E-state index contributed by atoms with van der Waals surface area (Å²) in [5.74, 6) is 0. The van der Waals surface area contributed by atoms with Crippen molar-refractivity contribution in [2.45, 2.75) is 36.6 Å². The summed E-state index contributed by atoms with van der Waals surface area (Å²) in [4.78, 5) is 1.05. The Hall–Kier alpha value is -1.37. The van der Waals surface area contributed by atoms with Gasteiger partial charge in [0.25, 0.3) is 10.0 Å². The second-order valence-corrected chi connectivity index (χ2v) is 8.43. The van der Waals surface area contributed by atoms with E-state index in [0.29, 0.717) is 15.9 Å². The Morgan fingerprint density at radius 3 is 2.76 bits per heavy atom. The van der Waals surface area contributed by atoms with Gasteiger partial charge in [-0.1, -0.05) is 12.1 Å². The molecule has 0 atom stereocenters. The van der Waals surface area contributed by atoms with Crippen LogP contribution in [0.4, 0.5) is 5.69 Å². The monoisotopic (exact) mass is 322 g/mol. The maximum atomic E-state index is 12.4. The molecule has 1 saturated carbocycles. The fourth-order valence-corrected chi connectivity index (χ4v) is 4.40. The second-order valence-electron chi connectivity index (χ2n) is 5.35. The molecular weight excluding hydrogens is 304 g/mol. The maximum Gasteiger partial charge on any atom is 0.271 e. The third-order valence-corrected chi connectivity index (χ3v) is 6.27. The summed E-state index contributed by atoms with van der Waals surface area (Å²) in [6.45, 7) is 2.68. The van der Waals surface area contributed by atoms with E-state index >= 15 is 0 Å². The minimum atomic E-state index is -3.49. The van der Waals surface area contributed by atoms with Crippen LogP contribution < -0.4 is 10.0 Å². The molecule has 0 spiro atoms. The summed E-state index contributed by atoms with van der Waals surface area (Å²) in [6.07, 6.45) is 2.46. The van der Waals surface area contributed by atoms with Crippen LogP contribution >= 0.6 is 11.3 Å². The first-order chi connectivity index (χ1) is 10.0. The van der Waals surface area contributed by atoms with Crippen LogP contribution in [0.1, 0.15) is 23.3 Å². The largest absolute Gasteiger partial charge is 0.309 e. The van der Waals surface area contributed by atoms with Crippen molar-refractivity contribution in [1.82, 2.24) is 5.32 Å². The van der Waals surface area contributed by atoms with E-state index in [0.717, 1.165) is 17.0 Å². The number of anilines is 1. The quantitative estimate of drug-likeness (QED) is 0.859. The van der Waals surface area contributed by atoms with Gasteiger partial charge in [0, 0.05) is 23.2 Å². The molecule has 1 fully saturated rings. The van der Waals surface area contributed by atoms with Crippen LogP contribution in [0, 0.1) is 6.92 Å². The van der Waals surface area contributed by atoms with E-state index in [2.05, 4.69) is 10.0 Å². The minimum absolute atomic E-state index is 0.358. The van der Waals surface area contributed by atoms with Crippen molar-refractivity contribution in [3.8, 4) is 0 Å². The average Bonchev–Trinajstić information content (AvgIpc) is 3.12. The van der Waals surface area contributed by atoms with Crippen LogP contribution in [0.5, 0.6) is 0 Å². The first-order valence-electron chi connectivity index (χ1n) is 6.94. The summed E-state index contributed by atoms with van der Waals surface area (Å²) in [5.41, 5.74) is 1.62. The minimum Gasteiger partial charge on any atom is -0.309 e. The van der Waals surface area contributed by atoms with E-state index < -0.39 is 10.0 Å². The molecule has 2 aromatic rings. The molecule has 0 radical (unpaired) electrons. The number of thiophene rings is 1. The third kappa shape index (κ3) is 3.84. The summed E-state index contributed by atoms with van der Waals surface area (Å²) < 4.78 is 27.7. The summed E-state index contributed by atoms with van der Waals surface area (Å²) in [6, 6.07) is 11.5. The highest BCUT2D eigenvalue weighted by Gasteiger charge is 2.21. The standard InChI is InChI=1S/C15H18N2O2S2/c1-11-3-2-4-13(9-11)17-21(18,19)15-8-7-14(20-15)10-16-12-5-6-12/h2-4,7-9,12,16-17H,5-6,10H2,1H3. The third-order valence-electron chi connectivity index (χ3n) is 3.31. The van der Waals surface area contributed by atoms with E-state index in [1.54, 1.807) is 12.1 Å². The number of benzene rings is 1. The van der Waals surface area contributed by atoms with Gasteiger partial charge in [-0.05, 0) is 49.6 Å². The lowest BCUT2D eigenvalue weighted by molar-refractivity contribution is 0.603. The van der Waals surface area contributed by atoms with E-state index in [-0.39, 0.29) is 0 Å². The molecule has 1 aromatic heterocycles. The molecule has 0 unspecified atom stereocenters. The number of sulfonamides is 1. The van der Waals surface area contributed by atoms with Crippen LogP contribution in [-0.4, -0.2) is 14.5 Å². The van der Waals surface area contributed by atoms with Gasteiger partial charge < -0.3 is 5.32 Å². The van der Waals surface area contributed by atoms with Crippen molar-refractivity contribution in [2.24, 2.45) is 0 Å². The van der Waals surface area contributed by atoms with Gasteiger partial charge in [0.2, 0.25) is 0 Å². The average molecular weight is 322 g/mol. The number of aryl methyl sites for hydroxylation is 1. The number of nitrogens with one attached hydrogen (secondary N) is 2. The van der Waals surface area contributed by atoms with Crippen molar-refractivity contribution < 1.29 is 8.42 Å². The Kier molecular flexibility index (Phi) is 4.01. The molecule has 4 nitrogen and oxygen atoms in total. The molecule has 112 valence electrons. The highest BCUT2D eigenvalue weighted by Crippen LogP contribution is 2.26. The number of rotatable bonds is 6. The van der Waals surface area contributed by atoms with Gasteiger partial charge in [0.1, 0.15) is 4.21 Å². The number of hydrogen-bond donors (Lipinski definition) is 2. The molecule has 0 aliphatic heterocycles. The smallest absolute Gasteiger partial charge is 0.271 e. The predicted octanol–water partition coefficient (Wildman–Crippen LogP) is 3.11. The molecule has 21 heavy (non-hydrogen) atoms. The summed E-state index contributed by atoms with van der Waals surface area (Å²) in [5, 5.41) is 3.39. The first-order valence-corrected chi connectivity index (χ1v) is 9.24. The van der Waals surface area contributed by atoms with Crippen molar-refractivity contribution in [1.29, 1.82) is 0 Å². The van der Waals surface area contributed by atoms with Gasteiger partial charge in [-0.15, -0.1) is 11.3 Å². The van der Waals surface area contributed by atoms with E-state index in [1.807, 2.05) is 31.2 Å². The lowest BCUT2D eigenvalue weighted by atomic mass is 10.2. The normalized spacial score (nSPS) is 15.1. The fraction of sp³-hybridized carbons (Fsp3) is 0.333. The van der Waals surface area contributed by atoms with Gasteiger partial charge in [-0.25, -0.2) is 8.42 Å². The van der Waals surface area contributed by atoms with Gasteiger partial charge in [0.15, 0.2) is 0 Å². The summed E-state index contributed by atoms with van der Waals surface area (Å²) in [7, 11) is -3.49. The molecule has 3 rings (SSSR count). The van der Waals surface area contributed by atoms with Crippen LogP contribution in [-0.2, 0) is 16.6 Å². The van der Waals surface area contributed by atoms with Gasteiger partial charge in [-0.3, -0.25) is 4.72 Å². The van der Waals surface area contributed by atoms with Gasteiger partial charge >= 0.3 is 0 Å². The lowest BCUT2D eigenvalue weighted by Gasteiger charge is -2.06. The zero-order valence-corrected chi connectivity index (χ0v) is 13.4. The van der Waals surface area contributed by atoms with Crippen LogP contribution in [0.15, 0.2) is 40.6 Å². The van der Waals surface area contributed by atoms with Crippen LogP contribution in [0.2, 0.25) is 0 Å². The Morgan fingerprint density at radius 1 is 1.24 bits per heavy atom. The van der Waals surface area contributed by atoms with Crippen molar-refractivity contribution in [3.05, 3.63) is 46.8 Å². The lowest BCUT2D eigenvalue weighted by Crippen LogP contribution is -2.14. The Balaban J connectivity index is 1.71. The molecular formula is C15H18N2O2S2. The highest BCUT2D eigenvalue weighted by atomic mass is 32.2. The Morgan fingerprint density at radius 2 is 2.05 bits per heavy atom.